The Bertz CT molecular complexity index is 378. The summed E-state index contributed by atoms with van der Waals surface area (Å²) in [6.07, 6.45) is 0. The van der Waals surface area contributed by atoms with Crippen molar-refractivity contribution in [3.8, 4) is 0 Å². The van der Waals surface area contributed by atoms with Crippen LogP contribution in [0, 0.1) is 10.8 Å². The van der Waals surface area contributed by atoms with Crippen LogP contribution in [0.15, 0.2) is 35.3 Å². The van der Waals surface area contributed by atoms with Gasteiger partial charge in [-0.15, -0.1) is 0 Å². The van der Waals surface area contributed by atoms with Crippen molar-refractivity contribution in [3.05, 3.63) is 30.3 Å². The summed E-state index contributed by atoms with van der Waals surface area (Å²) in [5.74, 6) is 0.0729. The van der Waals surface area contributed by atoms with Crippen LogP contribution in [0.3, 0.4) is 0 Å². The summed E-state index contributed by atoms with van der Waals surface area (Å²) in [7, 11) is 0. The summed E-state index contributed by atoms with van der Waals surface area (Å²) in [4.78, 5) is 4.01. The number of nitrogens with zero attached hydrogens (tertiary/aromatic N) is 1. The SMILES string of the molecule is CC(=N)C(=N)C(N)=Nc1ccccc1. The molecule has 72 valence electrons. The average molecular weight is 188 g/mol. The van der Waals surface area contributed by atoms with Gasteiger partial charge < -0.3 is 11.1 Å². The maximum absolute atomic E-state index is 7.42. The summed E-state index contributed by atoms with van der Waals surface area (Å²) in [5, 5.41) is 14.6. The molecule has 0 amide bonds. The van der Waals surface area contributed by atoms with E-state index in [2.05, 4.69) is 4.99 Å². The molecule has 0 bridgehead atoms. The molecule has 0 saturated carbocycles. The van der Waals surface area contributed by atoms with Crippen molar-refractivity contribution in [2.45, 2.75) is 6.92 Å². The van der Waals surface area contributed by atoms with E-state index in [0.717, 1.165) is 0 Å². The van der Waals surface area contributed by atoms with E-state index in [4.69, 9.17) is 16.6 Å². The molecule has 4 heteroatoms. The highest BCUT2D eigenvalue weighted by Gasteiger charge is 2.04. The molecule has 0 heterocycles. The van der Waals surface area contributed by atoms with Gasteiger partial charge in [-0.2, -0.15) is 0 Å². The number of nitrogens with two attached hydrogens (primary N) is 1. The maximum Gasteiger partial charge on any atom is 0.151 e. The van der Waals surface area contributed by atoms with Crippen molar-refractivity contribution < 1.29 is 0 Å². The van der Waals surface area contributed by atoms with E-state index in [1.54, 1.807) is 12.1 Å². The summed E-state index contributed by atoms with van der Waals surface area (Å²) in [5.41, 5.74) is 6.31. The predicted octanol–water partition coefficient (Wildman–Crippen LogP) is 1.73. The van der Waals surface area contributed by atoms with Gasteiger partial charge in [-0.1, -0.05) is 18.2 Å². The average Bonchev–Trinajstić information content (AvgIpc) is 2.18. The molecule has 0 aliphatic carbocycles. The van der Waals surface area contributed by atoms with Crippen LogP contribution in [0.5, 0.6) is 0 Å². The molecular formula is C10H12N4. The van der Waals surface area contributed by atoms with E-state index in [0.29, 0.717) is 5.69 Å². The molecule has 0 saturated heterocycles. The number of aliphatic imine (C=N–C) groups is 1. The number of nitrogens with one attached hydrogen (secondary N) is 2. The van der Waals surface area contributed by atoms with E-state index < -0.39 is 0 Å². The fourth-order valence-corrected chi connectivity index (χ4v) is 0.890. The first kappa shape index (κ1) is 10.1. The van der Waals surface area contributed by atoms with Crippen molar-refractivity contribution in [3.63, 3.8) is 0 Å². The number of hydrogen-bond acceptors (Lipinski definition) is 3. The molecule has 0 aliphatic rings. The van der Waals surface area contributed by atoms with Crippen LogP contribution < -0.4 is 5.73 Å². The Kier molecular flexibility index (Phi) is 3.12. The Morgan fingerprint density at radius 3 is 2.29 bits per heavy atom. The molecule has 0 radical (unpaired) electrons. The lowest BCUT2D eigenvalue weighted by atomic mass is 10.2. The topological polar surface area (TPSA) is 86.1 Å². The molecule has 4 nitrogen and oxygen atoms in total. The van der Waals surface area contributed by atoms with Crippen LogP contribution >= 0.6 is 0 Å². The summed E-state index contributed by atoms with van der Waals surface area (Å²) < 4.78 is 0. The molecule has 1 aromatic carbocycles. The van der Waals surface area contributed by atoms with Crippen LogP contribution in [0.1, 0.15) is 6.92 Å². The third kappa shape index (κ3) is 2.52. The zero-order valence-electron chi connectivity index (χ0n) is 7.91. The zero-order chi connectivity index (χ0) is 10.6. The largest absolute Gasteiger partial charge is 0.382 e. The Morgan fingerprint density at radius 1 is 1.21 bits per heavy atom. The highest BCUT2D eigenvalue weighted by Crippen LogP contribution is 2.09. The van der Waals surface area contributed by atoms with Crippen molar-refractivity contribution in [2.24, 2.45) is 10.7 Å². The molecule has 0 fully saturated rings. The minimum Gasteiger partial charge on any atom is -0.382 e. The van der Waals surface area contributed by atoms with Crippen molar-refractivity contribution in [2.75, 3.05) is 0 Å². The normalized spacial score (nSPS) is 11.1. The van der Waals surface area contributed by atoms with E-state index in [9.17, 15) is 0 Å². The molecule has 14 heavy (non-hydrogen) atoms. The minimum absolute atomic E-state index is 0.0335. The second kappa shape index (κ2) is 4.32. The summed E-state index contributed by atoms with van der Waals surface area (Å²) in [6, 6.07) is 9.14. The highest BCUT2D eigenvalue weighted by molar-refractivity contribution is 6.66. The highest BCUT2D eigenvalue weighted by atomic mass is 14.9. The molecule has 0 unspecified atom stereocenters. The van der Waals surface area contributed by atoms with Gasteiger partial charge in [0.1, 0.15) is 5.71 Å². The predicted molar refractivity (Wildman–Crippen MR) is 58.9 cm³/mol. The third-order valence-corrected chi connectivity index (χ3v) is 1.64. The fraction of sp³-hybridized carbons (Fsp3) is 0.100. The lowest BCUT2D eigenvalue weighted by molar-refractivity contribution is 1.44. The molecule has 0 aliphatic heterocycles. The number of rotatable bonds is 3. The van der Waals surface area contributed by atoms with Crippen LogP contribution in [0.4, 0.5) is 5.69 Å². The van der Waals surface area contributed by atoms with Gasteiger partial charge in [0.2, 0.25) is 0 Å². The van der Waals surface area contributed by atoms with Gasteiger partial charge in [0.25, 0.3) is 0 Å². The van der Waals surface area contributed by atoms with E-state index in [-0.39, 0.29) is 17.3 Å². The second-order valence-electron chi connectivity index (χ2n) is 2.83. The van der Waals surface area contributed by atoms with Crippen LogP contribution in [0.2, 0.25) is 0 Å². The standard InChI is InChI=1S/C10H12N4/c1-7(11)9(12)10(13)14-8-5-3-2-4-6-8/h2-6,11-12H,1H3,(H2,13,14). The minimum atomic E-state index is -0.0335. The van der Waals surface area contributed by atoms with E-state index in [1.807, 2.05) is 18.2 Å². The number of amidine groups is 1. The summed E-state index contributed by atoms with van der Waals surface area (Å²) >= 11 is 0. The summed E-state index contributed by atoms with van der Waals surface area (Å²) in [6.45, 7) is 1.51. The number of benzene rings is 1. The molecule has 4 N–H and O–H groups in total. The molecule has 1 rings (SSSR count). The second-order valence-corrected chi connectivity index (χ2v) is 2.83. The van der Waals surface area contributed by atoms with Gasteiger partial charge in [0.15, 0.2) is 5.84 Å². The lowest BCUT2D eigenvalue weighted by Gasteiger charge is -2.00. The lowest BCUT2D eigenvalue weighted by Crippen LogP contribution is -2.27. The van der Waals surface area contributed by atoms with Crippen LogP contribution in [-0.2, 0) is 0 Å². The smallest absolute Gasteiger partial charge is 0.151 e. The zero-order valence-corrected chi connectivity index (χ0v) is 7.91. The first-order valence-electron chi connectivity index (χ1n) is 4.15. The molecular weight excluding hydrogens is 176 g/mol. The van der Waals surface area contributed by atoms with Gasteiger partial charge in [-0.05, 0) is 19.1 Å². The Balaban J connectivity index is 2.90. The number of hydrogen-bond donors (Lipinski definition) is 3. The van der Waals surface area contributed by atoms with Crippen molar-refractivity contribution >= 4 is 22.9 Å². The van der Waals surface area contributed by atoms with E-state index >= 15 is 0 Å². The van der Waals surface area contributed by atoms with Gasteiger partial charge in [0, 0.05) is 0 Å². The molecule has 0 atom stereocenters. The Morgan fingerprint density at radius 2 is 1.79 bits per heavy atom. The fourth-order valence-electron chi connectivity index (χ4n) is 0.890. The van der Waals surface area contributed by atoms with Gasteiger partial charge in [0.05, 0.1) is 11.4 Å². The monoisotopic (exact) mass is 188 g/mol. The Labute approximate surface area is 82.5 Å². The van der Waals surface area contributed by atoms with Crippen LogP contribution in [-0.4, -0.2) is 17.3 Å². The van der Waals surface area contributed by atoms with Gasteiger partial charge in [-0.3, -0.25) is 5.41 Å². The van der Waals surface area contributed by atoms with Crippen molar-refractivity contribution in [1.82, 2.24) is 0 Å². The maximum atomic E-state index is 7.42. The van der Waals surface area contributed by atoms with Gasteiger partial charge in [-0.25, -0.2) is 4.99 Å². The molecule has 0 aromatic heterocycles. The first-order chi connectivity index (χ1) is 6.61. The number of para-hydroxylation sites is 1. The molecule has 0 spiro atoms. The quantitative estimate of drug-likeness (QED) is 0.489. The van der Waals surface area contributed by atoms with Crippen LogP contribution in [0.25, 0.3) is 0 Å². The first-order valence-corrected chi connectivity index (χ1v) is 4.15. The van der Waals surface area contributed by atoms with Gasteiger partial charge >= 0.3 is 0 Å². The van der Waals surface area contributed by atoms with E-state index in [1.165, 1.54) is 6.92 Å². The molecule has 1 aromatic rings. The van der Waals surface area contributed by atoms with Crippen molar-refractivity contribution in [1.29, 1.82) is 10.8 Å². The third-order valence-electron chi connectivity index (χ3n) is 1.64. The Hall–Kier alpha value is -1.97.